The zero-order chi connectivity index (χ0) is 16.1. The van der Waals surface area contributed by atoms with E-state index in [0.29, 0.717) is 0 Å². The second kappa shape index (κ2) is 6.58. The predicted molar refractivity (Wildman–Crippen MR) is 71.2 cm³/mol. The van der Waals surface area contributed by atoms with Gasteiger partial charge in [0.15, 0.2) is 13.2 Å². The highest BCUT2D eigenvalue weighted by atomic mass is 16.8. The highest BCUT2D eigenvalue weighted by Gasteiger charge is 2.28. The van der Waals surface area contributed by atoms with E-state index in [1.807, 2.05) is 0 Å². The quantitative estimate of drug-likeness (QED) is 0.277. The summed E-state index contributed by atoms with van der Waals surface area (Å²) in [7, 11) is 0. The van der Waals surface area contributed by atoms with Crippen LogP contribution in [0.25, 0.3) is 0 Å². The first kappa shape index (κ1) is 18.2. The van der Waals surface area contributed by atoms with Crippen LogP contribution in [-0.2, 0) is 19.1 Å². The molecule has 0 rings (SSSR count). The van der Waals surface area contributed by atoms with Crippen LogP contribution >= 0.6 is 0 Å². The number of hydrogen-bond donors (Lipinski definition) is 1. The van der Waals surface area contributed by atoms with Crippen molar-refractivity contribution in [2.24, 2.45) is 10.8 Å². The third-order valence-electron chi connectivity index (χ3n) is 2.24. The van der Waals surface area contributed by atoms with Crippen molar-refractivity contribution in [1.82, 2.24) is 0 Å². The number of rotatable bonds is 4. The number of esters is 2. The summed E-state index contributed by atoms with van der Waals surface area (Å²) in [6.45, 7) is 9.06. The third-order valence-corrected chi connectivity index (χ3v) is 2.24. The molecule has 0 aliphatic carbocycles. The van der Waals surface area contributed by atoms with Crippen molar-refractivity contribution in [3.8, 4) is 0 Å². The van der Waals surface area contributed by atoms with Gasteiger partial charge in [-0.2, -0.15) is 0 Å². The van der Waals surface area contributed by atoms with Crippen LogP contribution in [0, 0.1) is 16.0 Å². The van der Waals surface area contributed by atoms with Gasteiger partial charge in [0.25, 0.3) is 5.71 Å². The minimum Gasteiger partial charge on any atom is -0.454 e. The van der Waals surface area contributed by atoms with Gasteiger partial charge in [0, 0.05) is 4.90 Å². The van der Waals surface area contributed by atoms with Crippen molar-refractivity contribution in [2.75, 3.05) is 13.2 Å². The minimum atomic E-state index is -0.726. The molecule has 0 aliphatic heterocycles. The summed E-state index contributed by atoms with van der Waals surface area (Å²) in [5.74, 6) is -1.06. The highest BCUT2D eigenvalue weighted by Crippen LogP contribution is 2.16. The monoisotopic (exact) mass is 289 g/mol. The van der Waals surface area contributed by atoms with E-state index in [2.05, 4.69) is 0 Å². The summed E-state index contributed by atoms with van der Waals surface area (Å²) in [5, 5.41) is 19.8. The molecule has 0 aromatic rings. The lowest BCUT2D eigenvalue weighted by Gasteiger charge is -2.17. The fourth-order valence-electron chi connectivity index (χ4n) is 0.883. The Bertz CT molecular complexity index is 364. The Morgan fingerprint density at radius 3 is 1.45 bits per heavy atom. The fraction of sp³-hybridized carbons (Fsp3) is 0.769. The second-order valence-corrected chi connectivity index (χ2v) is 6.49. The number of ether oxygens (including phenoxy) is 2. The van der Waals surface area contributed by atoms with Crippen LogP contribution in [-0.4, -0.2) is 41.0 Å². The smallest absolute Gasteiger partial charge is 0.311 e. The predicted octanol–water partition coefficient (Wildman–Crippen LogP) is 1.51. The van der Waals surface area contributed by atoms with E-state index in [0.717, 1.165) is 0 Å². The van der Waals surface area contributed by atoms with Gasteiger partial charge in [-0.3, -0.25) is 14.8 Å². The molecule has 0 atom stereocenters. The summed E-state index contributed by atoms with van der Waals surface area (Å²) in [4.78, 5) is 22.6. The van der Waals surface area contributed by atoms with E-state index in [1.165, 1.54) is 0 Å². The molecular formula is C13H23NO6. The van der Waals surface area contributed by atoms with Crippen molar-refractivity contribution in [3.05, 3.63) is 5.21 Å². The Morgan fingerprint density at radius 1 is 0.950 bits per heavy atom. The zero-order valence-electron chi connectivity index (χ0n) is 12.8. The van der Waals surface area contributed by atoms with E-state index in [4.69, 9.17) is 14.7 Å². The summed E-state index contributed by atoms with van der Waals surface area (Å²) in [6, 6.07) is 0. The molecule has 7 nitrogen and oxygen atoms in total. The summed E-state index contributed by atoms with van der Waals surface area (Å²) in [6.07, 6.45) is 0. The van der Waals surface area contributed by atoms with Crippen molar-refractivity contribution in [3.63, 3.8) is 0 Å². The molecule has 20 heavy (non-hydrogen) atoms. The maximum atomic E-state index is 11.5. The molecule has 0 heterocycles. The van der Waals surface area contributed by atoms with Crippen LogP contribution in [0.3, 0.4) is 0 Å². The van der Waals surface area contributed by atoms with Crippen LogP contribution in [0.4, 0.5) is 0 Å². The average Bonchev–Trinajstić information content (AvgIpc) is 2.24. The summed E-state index contributed by atoms with van der Waals surface area (Å²) in [5.41, 5.74) is -1.72. The number of nitrogens with zero attached hydrogens (tertiary/aromatic N) is 1. The first-order chi connectivity index (χ1) is 8.85. The molecule has 0 bridgehead atoms. The standard InChI is InChI=1S/C13H23NO6/c1-12(2,3)10(15)19-7-9(14(17)18)8-20-11(16)13(4,5)6/h7-8H2,1-6H3,(H,17,18). The van der Waals surface area contributed by atoms with Crippen LogP contribution in [0.15, 0.2) is 0 Å². The first-order valence-corrected chi connectivity index (χ1v) is 6.21. The van der Waals surface area contributed by atoms with Gasteiger partial charge in [-0.25, -0.2) is 0 Å². The molecule has 0 saturated carbocycles. The third kappa shape index (κ3) is 6.40. The van der Waals surface area contributed by atoms with Crippen LogP contribution in [0.1, 0.15) is 41.5 Å². The van der Waals surface area contributed by atoms with E-state index >= 15 is 0 Å². The molecular weight excluding hydrogens is 266 g/mol. The fourth-order valence-corrected chi connectivity index (χ4v) is 0.883. The Morgan fingerprint density at radius 2 is 1.25 bits per heavy atom. The molecule has 0 aromatic heterocycles. The molecule has 0 spiro atoms. The molecule has 0 aromatic carbocycles. The molecule has 0 radical (unpaired) electrons. The number of carbonyl (C=O) groups is 2. The Balaban J connectivity index is 4.54. The second-order valence-electron chi connectivity index (χ2n) is 6.49. The first-order valence-electron chi connectivity index (χ1n) is 6.21. The minimum absolute atomic E-state index is 0.264. The van der Waals surface area contributed by atoms with Crippen molar-refractivity contribution in [1.29, 1.82) is 0 Å². The Hall–Kier alpha value is -1.79. The van der Waals surface area contributed by atoms with E-state index < -0.39 is 40.9 Å². The van der Waals surface area contributed by atoms with Gasteiger partial charge < -0.3 is 14.7 Å². The summed E-state index contributed by atoms with van der Waals surface area (Å²) >= 11 is 0. The number of hydrogen-bond acceptors (Lipinski definition) is 6. The van der Waals surface area contributed by atoms with Crippen LogP contribution < -0.4 is 0 Å². The molecule has 0 fully saturated rings. The maximum absolute atomic E-state index is 11.5. The zero-order valence-corrected chi connectivity index (χ0v) is 12.8. The Labute approximate surface area is 118 Å². The molecule has 0 amide bonds. The topological polar surface area (TPSA) is 98.9 Å². The lowest BCUT2D eigenvalue weighted by molar-refractivity contribution is -0.727. The van der Waals surface area contributed by atoms with E-state index in [-0.39, 0.29) is 5.71 Å². The van der Waals surface area contributed by atoms with Gasteiger partial charge in [0.1, 0.15) is 0 Å². The van der Waals surface area contributed by atoms with E-state index in [1.54, 1.807) is 41.5 Å². The van der Waals surface area contributed by atoms with Gasteiger partial charge in [0.2, 0.25) is 0 Å². The molecule has 0 saturated heterocycles. The molecule has 0 unspecified atom stereocenters. The van der Waals surface area contributed by atoms with Gasteiger partial charge >= 0.3 is 11.9 Å². The SMILES string of the molecule is CC(C)(C)C(=O)OCC(COC(=O)C(C)(C)C)=[N+]([O-])O. The van der Waals surface area contributed by atoms with Crippen LogP contribution in [0.5, 0.6) is 0 Å². The lowest BCUT2D eigenvalue weighted by Crippen LogP contribution is -2.32. The molecule has 0 aliphatic rings. The average molecular weight is 289 g/mol. The van der Waals surface area contributed by atoms with E-state index in [9.17, 15) is 14.8 Å². The van der Waals surface area contributed by atoms with Crippen molar-refractivity contribution in [2.45, 2.75) is 41.5 Å². The van der Waals surface area contributed by atoms with Crippen LogP contribution in [0.2, 0.25) is 0 Å². The van der Waals surface area contributed by atoms with Crippen molar-refractivity contribution < 1.29 is 29.2 Å². The van der Waals surface area contributed by atoms with Gasteiger partial charge in [-0.05, 0) is 41.5 Å². The normalized spacial score (nSPS) is 11.7. The van der Waals surface area contributed by atoms with Gasteiger partial charge in [0.05, 0.1) is 10.8 Å². The molecule has 7 heteroatoms. The van der Waals surface area contributed by atoms with Gasteiger partial charge in [-0.1, -0.05) is 0 Å². The number of carbonyl (C=O) groups excluding carboxylic acids is 2. The highest BCUT2D eigenvalue weighted by molar-refractivity contribution is 5.87. The molecule has 1 N–H and O–H groups in total. The molecule has 116 valence electrons. The summed E-state index contributed by atoms with van der Waals surface area (Å²) < 4.78 is 9.76. The Kier molecular flexibility index (Phi) is 5.99. The lowest BCUT2D eigenvalue weighted by atomic mass is 9.97. The maximum Gasteiger partial charge on any atom is 0.311 e. The van der Waals surface area contributed by atoms with Gasteiger partial charge in [-0.15, -0.1) is 0 Å². The largest absolute Gasteiger partial charge is 0.454 e. The van der Waals surface area contributed by atoms with Crippen molar-refractivity contribution >= 4 is 17.7 Å².